The van der Waals surface area contributed by atoms with Crippen LogP contribution in [0, 0.1) is 0 Å². The van der Waals surface area contributed by atoms with Crippen LogP contribution in [0.5, 0.6) is 0 Å². The van der Waals surface area contributed by atoms with Gasteiger partial charge in [-0.15, -0.1) is 0 Å². The summed E-state index contributed by atoms with van der Waals surface area (Å²) in [7, 11) is 0. The van der Waals surface area contributed by atoms with Crippen LogP contribution in [0.25, 0.3) is 0 Å². The summed E-state index contributed by atoms with van der Waals surface area (Å²) in [6.07, 6.45) is -0.437. The lowest BCUT2D eigenvalue weighted by atomic mass is 10.0. The summed E-state index contributed by atoms with van der Waals surface area (Å²) in [4.78, 5) is 23.4. The van der Waals surface area contributed by atoms with E-state index in [2.05, 4.69) is 0 Å². The van der Waals surface area contributed by atoms with E-state index in [1.807, 2.05) is 0 Å². The Morgan fingerprint density at radius 3 is 2.11 bits per heavy atom. The van der Waals surface area contributed by atoms with Crippen LogP contribution in [0.15, 0.2) is 11.1 Å². The van der Waals surface area contributed by atoms with E-state index in [1.165, 1.54) is 6.92 Å². The quantitative estimate of drug-likeness (QED) is 0.746. The largest absolute Gasteiger partial charge is 0.478 e. The maximum Gasteiger partial charge on any atom is 0.332 e. The molecule has 0 aliphatic carbocycles. The summed E-state index contributed by atoms with van der Waals surface area (Å²) in [5.74, 6) is -5.19. The van der Waals surface area contributed by atoms with Crippen molar-refractivity contribution in [2.45, 2.75) is 32.1 Å². The number of carboxylic acids is 2. The number of alkyl halides is 2. The van der Waals surface area contributed by atoms with Gasteiger partial charge in [-0.1, -0.05) is 0 Å². The molecule has 0 unspecified atom stereocenters. The van der Waals surface area contributed by atoms with Crippen molar-refractivity contribution < 1.29 is 28.6 Å². The van der Waals surface area contributed by atoms with Crippen LogP contribution in [0.4, 0.5) is 8.78 Å². The normalized spacial score (nSPS) is 20.8. The minimum absolute atomic E-state index is 0.0407. The van der Waals surface area contributed by atoms with Crippen LogP contribution < -0.4 is 0 Å². The number of carbonyl (C=O) groups is 2. The Hall–Kier alpha value is -1.50. The second-order valence-corrected chi connectivity index (χ2v) is 4.66. The van der Waals surface area contributed by atoms with Crippen LogP contribution in [0.1, 0.15) is 26.2 Å². The van der Waals surface area contributed by atoms with Gasteiger partial charge in [0.05, 0.1) is 0 Å². The molecule has 0 bridgehead atoms. The third-order valence-electron chi connectivity index (χ3n) is 3.30. The molecule has 1 saturated heterocycles. The zero-order valence-corrected chi connectivity index (χ0v) is 10.7. The molecule has 5 nitrogen and oxygen atoms in total. The molecule has 0 aromatic heterocycles. The van der Waals surface area contributed by atoms with Crippen LogP contribution in [0.3, 0.4) is 0 Å². The molecular formula is C12H17F2NO4. The van der Waals surface area contributed by atoms with Gasteiger partial charge >= 0.3 is 11.9 Å². The number of carboxylic acid groups (broad SMARTS) is 2. The molecular weight excluding hydrogens is 260 g/mol. The predicted molar refractivity (Wildman–Crippen MR) is 63.2 cm³/mol. The Morgan fingerprint density at radius 2 is 1.68 bits per heavy atom. The van der Waals surface area contributed by atoms with Crippen LogP contribution in [0.2, 0.25) is 0 Å². The highest BCUT2D eigenvalue weighted by molar-refractivity contribution is 5.98. The number of aliphatic carboxylic acids is 2. The molecule has 0 radical (unpaired) electrons. The van der Waals surface area contributed by atoms with Crippen LogP contribution in [-0.4, -0.2) is 52.6 Å². The third kappa shape index (κ3) is 4.59. The van der Waals surface area contributed by atoms with Crippen molar-refractivity contribution >= 4 is 11.9 Å². The molecule has 1 aliphatic rings. The fourth-order valence-corrected chi connectivity index (χ4v) is 1.96. The summed E-state index contributed by atoms with van der Waals surface area (Å²) in [6, 6.07) is 0. The fourth-order valence-electron chi connectivity index (χ4n) is 1.96. The molecule has 19 heavy (non-hydrogen) atoms. The minimum Gasteiger partial charge on any atom is -0.478 e. The first-order valence-electron chi connectivity index (χ1n) is 5.99. The zero-order valence-electron chi connectivity index (χ0n) is 10.7. The van der Waals surface area contributed by atoms with E-state index in [-0.39, 0.29) is 50.0 Å². The summed E-state index contributed by atoms with van der Waals surface area (Å²) < 4.78 is 25.9. The van der Waals surface area contributed by atoms with Crippen LogP contribution in [-0.2, 0) is 9.59 Å². The molecule has 1 fully saturated rings. The topological polar surface area (TPSA) is 77.8 Å². The van der Waals surface area contributed by atoms with Crippen molar-refractivity contribution in [2.75, 3.05) is 19.6 Å². The van der Waals surface area contributed by atoms with E-state index < -0.39 is 17.9 Å². The van der Waals surface area contributed by atoms with Crippen molar-refractivity contribution in [1.82, 2.24) is 4.90 Å². The van der Waals surface area contributed by atoms with Gasteiger partial charge in [0.1, 0.15) is 0 Å². The van der Waals surface area contributed by atoms with Gasteiger partial charge in [0, 0.05) is 43.6 Å². The van der Waals surface area contributed by atoms with Gasteiger partial charge in [-0.2, -0.15) is 0 Å². The average molecular weight is 277 g/mol. The van der Waals surface area contributed by atoms with Crippen molar-refractivity contribution in [3.63, 3.8) is 0 Å². The van der Waals surface area contributed by atoms with E-state index in [1.54, 1.807) is 4.90 Å². The monoisotopic (exact) mass is 277 g/mol. The smallest absolute Gasteiger partial charge is 0.332 e. The highest BCUT2D eigenvalue weighted by atomic mass is 19.3. The van der Waals surface area contributed by atoms with E-state index in [4.69, 9.17) is 10.2 Å². The average Bonchev–Trinajstić information content (AvgIpc) is 2.30. The minimum atomic E-state index is -2.64. The summed E-state index contributed by atoms with van der Waals surface area (Å²) in [5.41, 5.74) is -0.389. The standard InChI is InChI=1S/C12H17F2NO4/c1-8(10(16)17)9(11(18)19)2-5-15-6-3-12(13,14)4-7-15/h2-7H2,1H3,(H,16,17)(H,18,19)/b9-8+. The number of piperidine rings is 1. The maximum absolute atomic E-state index is 12.9. The Kier molecular flexibility index (Phi) is 4.99. The molecule has 7 heteroatoms. The number of likely N-dealkylation sites (tertiary alicyclic amines) is 1. The van der Waals surface area contributed by atoms with Crippen LogP contribution >= 0.6 is 0 Å². The lowest BCUT2D eigenvalue weighted by Crippen LogP contribution is -2.40. The molecule has 0 atom stereocenters. The zero-order chi connectivity index (χ0) is 14.6. The number of halogens is 2. The lowest BCUT2D eigenvalue weighted by molar-refractivity contribution is -0.136. The molecule has 1 aliphatic heterocycles. The second-order valence-electron chi connectivity index (χ2n) is 4.66. The molecule has 0 aromatic carbocycles. The molecule has 1 heterocycles. The first kappa shape index (κ1) is 15.6. The lowest BCUT2D eigenvalue weighted by Gasteiger charge is -2.31. The molecule has 0 saturated carbocycles. The van der Waals surface area contributed by atoms with Crippen molar-refractivity contribution in [3.05, 3.63) is 11.1 Å². The fraction of sp³-hybridized carbons (Fsp3) is 0.667. The highest BCUT2D eigenvalue weighted by Crippen LogP contribution is 2.27. The third-order valence-corrected chi connectivity index (χ3v) is 3.30. The molecule has 0 aromatic rings. The molecule has 0 amide bonds. The van der Waals surface area contributed by atoms with E-state index in [0.29, 0.717) is 0 Å². The van der Waals surface area contributed by atoms with Gasteiger partial charge in [-0.3, -0.25) is 0 Å². The number of hydrogen-bond donors (Lipinski definition) is 2. The van der Waals surface area contributed by atoms with E-state index >= 15 is 0 Å². The van der Waals surface area contributed by atoms with Gasteiger partial charge in [0.25, 0.3) is 5.92 Å². The van der Waals surface area contributed by atoms with Gasteiger partial charge in [-0.25, -0.2) is 18.4 Å². The predicted octanol–water partition coefficient (Wildman–Crippen LogP) is 1.59. The SMILES string of the molecule is C/C(C(=O)O)=C(/CCN1CCC(F)(F)CC1)C(=O)O. The highest BCUT2D eigenvalue weighted by Gasteiger charge is 2.33. The maximum atomic E-state index is 12.9. The molecule has 108 valence electrons. The van der Waals surface area contributed by atoms with Crippen molar-refractivity contribution in [2.24, 2.45) is 0 Å². The second kappa shape index (κ2) is 6.10. The van der Waals surface area contributed by atoms with Crippen molar-refractivity contribution in [1.29, 1.82) is 0 Å². The number of nitrogens with zero attached hydrogens (tertiary/aromatic N) is 1. The molecule has 1 rings (SSSR count). The first-order chi connectivity index (χ1) is 8.73. The Labute approximate surface area is 109 Å². The van der Waals surface area contributed by atoms with Gasteiger partial charge in [0.2, 0.25) is 0 Å². The van der Waals surface area contributed by atoms with Crippen molar-refractivity contribution in [3.8, 4) is 0 Å². The Morgan fingerprint density at radius 1 is 1.16 bits per heavy atom. The van der Waals surface area contributed by atoms with E-state index in [0.717, 1.165) is 0 Å². The summed E-state index contributed by atoms with van der Waals surface area (Å²) in [6.45, 7) is 1.91. The van der Waals surface area contributed by atoms with Gasteiger partial charge in [0.15, 0.2) is 0 Å². The van der Waals surface area contributed by atoms with E-state index in [9.17, 15) is 18.4 Å². The van der Waals surface area contributed by atoms with Gasteiger partial charge < -0.3 is 15.1 Å². The first-order valence-corrected chi connectivity index (χ1v) is 5.99. The van der Waals surface area contributed by atoms with Gasteiger partial charge in [-0.05, 0) is 13.3 Å². The Bertz CT molecular complexity index is 397. The molecule has 0 spiro atoms. The number of rotatable bonds is 5. The Balaban J connectivity index is 2.58. The molecule has 2 N–H and O–H groups in total. The summed E-state index contributed by atoms with van der Waals surface area (Å²) >= 11 is 0. The summed E-state index contributed by atoms with van der Waals surface area (Å²) in [5, 5.41) is 17.7. The number of hydrogen-bond acceptors (Lipinski definition) is 3.